The van der Waals surface area contributed by atoms with Crippen LogP contribution in [0.3, 0.4) is 0 Å². The number of nitrogens with zero attached hydrogens (tertiary/aromatic N) is 2. The average molecular weight is 382 g/mol. The topological polar surface area (TPSA) is 64.0 Å². The van der Waals surface area contributed by atoms with Crippen LogP contribution in [0, 0.1) is 0 Å². The fourth-order valence-electron chi connectivity index (χ4n) is 2.17. The molecule has 0 saturated carbocycles. The molecule has 1 heterocycles. The zero-order chi connectivity index (χ0) is 17.2. The number of benzene rings is 2. The van der Waals surface area contributed by atoms with Gasteiger partial charge in [-0.1, -0.05) is 53.5 Å². The zero-order valence-corrected chi connectivity index (χ0v) is 14.7. The summed E-state index contributed by atoms with van der Waals surface area (Å²) < 4.78 is 29.0. The maximum absolute atomic E-state index is 12.5. The molecule has 0 saturated heterocycles. The van der Waals surface area contributed by atoms with Crippen molar-refractivity contribution in [2.75, 3.05) is 4.72 Å². The van der Waals surface area contributed by atoms with Gasteiger partial charge >= 0.3 is 0 Å². The number of rotatable bonds is 5. The van der Waals surface area contributed by atoms with Crippen molar-refractivity contribution >= 4 is 38.9 Å². The molecule has 0 atom stereocenters. The van der Waals surface area contributed by atoms with Crippen LogP contribution in [0.2, 0.25) is 10.0 Å². The van der Waals surface area contributed by atoms with Gasteiger partial charge in [0.1, 0.15) is 4.90 Å². The van der Waals surface area contributed by atoms with Gasteiger partial charge in [-0.25, -0.2) is 8.42 Å². The van der Waals surface area contributed by atoms with E-state index in [2.05, 4.69) is 9.82 Å². The van der Waals surface area contributed by atoms with Crippen LogP contribution in [0.5, 0.6) is 0 Å². The summed E-state index contributed by atoms with van der Waals surface area (Å²) in [5.41, 5.74) is 1.41. The van der Waals surface area contributed by atoms with Crippen molar-refractivity contribution in [3.05, 3.63) is 76.5 Å². The second kappa shape index (κ2) is 6.84. The van der Waals surface area contributed by atoms with E-state index in [1.54, 1.807) is 10.9 Å². The molecular weight excluding hydrogens is 369 g/mol. The molecule has 0 aliphatic heterocycles. The lowest BCUT2D eigenvalue weighted by molar-refractivity contribution is 0.601. The van der Waals surface area contributed by atoms with Crippen molar-refractivity contribution in [1.29, 1.82) is 0 Å². The summed E-state index contributed by atoms with van der Waals surface area (Å²) in [6.45, 7) is 0.542. The minimum Gasteiger partial charge on any atom is -0.276 e. The van der Waals surface area contributed by atoms with Crippen LogP contribution in [0.4, 0.5) is 5.69 Å². The minimum atomic E-state index is -3.85. The first-order chi connectivity index (χ1) is 11.4. The Hall–Kier alpha value is -2.02. The predicted octanol–water partition coefficient (Wildman–Crippen LogP) is 4.04. The number of halogens is 2. The second-order valence-corrected chi connectivity index (χ2v) is 7.59. The Balaban J connectivity index is 1.80. The Bertz CT molecular complexity index is 956. The van der Waals surface area contributed by atoms with Crippen molar-refractivity contribution in [3.8, 4) is 0 Å². The van der Waals surface area contributed by atoms with E-state index in [9.17, 15) is 8.42 Å². The smallest absolute Gasteiger partial charge is 0.263 e. The average Bonchev–Trinajstić information content (AvgIpc) is 2.97. The Morgan fingerprint density at radius 3 is 2.58 bits per heavy atom. The van der Waals surface area contributed by atoms with Crippen LogP contribution in [-0.4, -0.2) is 18.2 Å². The third-order valence-corrected chi connectivity index (χ3v) is 5.35. The maximum atomic E-state index is 12.5. The highest BCUT2D eigenvalue weighted by molar-refractivity contribution is 7.92. The first-order valence-corrected chi connectivity index (χ1v) is 9.22. The molecule has 8 heteroatoms. The zero-order valence-electron chi connectivity index (χ0n) is 12.4. The minimum absolute atomic E-state index is 0.0764. The van der Waals surface area contributed by atoms with Gasteiger partial charge < -0.3 is 0 Å². The molecule has 0 aliphatic rings. The van der Waals surface area contributed by atoms with Crippen LogP contribution >= 0.6 is 23.2 Å². The van der Waals surface area contributed by atoms with Gasteiger partial charge in [-0.3, -0.25) is 9.40 Å². The maximum Gasteiger partial charge on any atom is 0.263 e. The summed E-state index contributed by atoms with van der Waals surface area (Å²) in [4.78, 5) is -0.0764. The Morgan fingerprint density at radius 2 is 1.83 bits per heavy atom. The van der Waals surface area contributed by atoms with Gasteiger partial charge in [0.25, 0.3) is 10.0 Å². The van der Waals surface area contributed by atoms with E-state index in [0.29, 0.717) is 17.3 Å². The molecule has 0 fully saturated rings. The number of aromatic nitrogens is 2. The number of hydrogen-bond donors (Lipinski definition) is 1. The molecule has 24 heavy (non-hydrogen) atoms. The Kier molecular flexibility index (Phi) is 4.80. The summed E-state index contributed by atoms with van der Waals surface area (Å²) >= 11 is 11.8. The van der Waals surface area contributed by atoms with Gasteiger partial charge in [0.15, 0.2) is 0 Å². The molecule has 0 bridgehead atoms. The SMILES string of the molecule is O=S(=O)(Nc1cnn(Cc2ccccc2)c1)c1cc(Cl)ccc1Cl. The van der Waals surface area contributed by atoms with Gasteiger partial charge in [0, 0.05) is 11.2 Å². The molecule has 0 amide bonds. The highest BCUT2D eigenvalue weighted by atomic mass is 35.5. The molecule has 0 aliphatic carbocycles. The summed E-state index contributed by atoms with van der Waals surface area (Å²) in [5.74, 6) is 0. The van der Waals surface area contributed by atoms with Crippen molar-refractivity contribution in [3.63, 3.8) is 0 Å². The van der Waals surface area contributed by atoms with Gasteiger partial charge in [0.05, 0.1) is 23.5 Å². The number of anilines is 1. The van der Waals surface area contributed by atoms with Gasteiger partial charge in [-0.15, -0.1) is 0 Å². The second-order valence-electron chi connectivity index (χ2n) is 5.09. The third-order valence-electron chi connectivity index (χ3n) is 3.26. The molecule has 5 nitrogen and oxygen atoms in total. The molecular formula is C16H13Cl2N3O2S. The predicted molar refractivity (Wildman–Crippen MR) is 95.0 cm³/mol. The highest BCUT2D eigenvalue weighted by Gasteiger charge is 2.19. The molecule has 2 aromatic carbocycles. The Labute approximate surface area is 149 Å². The van der Waals surface area contributed by atoms with Gasteiger partial charge in [-0.05, 0) is 23.8 Å². The molecule has 1 aromatic heterocycles. The van der Waals surface area contributed by atoms with Crippen LogP contribution < -0.4 is 4.72 Å². The summed E-state index contributed by atoms with van der Waals surface area (Å²) in [6.07, 6.45) is 3.06. The standard InChI is InChI=1S/C16H13Cl2N3O2S/c17-13-6-7-15(18)16(8-13)24(22,23)20-14-9-19-21(11-14)10-12-4-2-1-3-5-12/h1-9,11,20H,10H2. The van der Waals surface area contributed by atoms with Crippen LogP contribution in [0.25, 0.3) is 0 Å². The lowest BCUT2D eigenvalue weighted by atomic mass is 10.2. The molecule has 1 N–H and O–H groups in total. The van der Waals surface area contributed by atoms with Crippen LogP contribution in [0.1, 0.15) is 5.56 Å². The molecule has 0 radical (unpaired) electrons. The molecule has 3 aromatic rings. The number of nitrogens with one attached hydrogen (secondary N) is 1. The van der Waals surface area contributed by atoms with E-state index in [0.717, 1.165) is 5.56 Å². The van der Waals surface area contributed by atoms with E-state index in [4.69, 9.17) is 23.2 Å². The summed E-state index contributed by atoms with van der Waals surface area (Å²) in [5, 5.41) is 4.55. The van der Waals surface area contributed by atoms with Crippen molar-refractivity contribution < 1.29 is 8.42 Å². The third kappa shape index (κ3) is 3.90. The highest BCUT2D eigenvalue weighted by Crippen LogP contribution is 2.26. The summed E-state index contributed by atoms with van der Waals surface area (Å²) in [6, 6.07) is 14.0. The largest absolute Gasteiger partial charge is 0.276 e. The van der Waals surface area contributed by atoms with E-state index in [1.807, 2.05) is 30.3 Å². The lowest BCUT2D eigenvalue weighted by Gasteiger charge is -2.08. The van der Waals surface area contributed by atoms with E-state index in [-0.39, 0.29) is 9.92 Å². The quantitative estimate of drug-likeness (QED) is 0.725. The molecule has 124 valence electrons. The van der Waals surface area contributed by atoms with Crippen LogP contribution in [0.15, 0.2) is 65.8 Å². The van der Waals surface area contributed by atoms with Crippen molar-refractivity contribution in [1.82, 2.24) is 9.78 Å². The van der Waals surface area contributed by atoms with Crippen LogP contribution in [-0.2, 0) is 16.6 Å². The summed E-state index contributed by atoms with van der Waals surface area (Å²) in [7, 11) is -3.85. The van der Waals surface area contributed by atoms with Gasteiger partial charge in [-0.2, -0.15) is 5.10 Å². The van der Waals surface area contributed by atoms with Gasteiger partial charge in [0.2, 0.25) is 0 Å². The number of hydrogen-bond acceptors (Lipinski definition) is 3. The molecule has 3 rings (SSSR count). The van der Waals surface area contributed by atoms with E-state index in [1.165, 1.54) is 24.4 Å². The lowest BCUT2D eigenvalue weighted by Crippen LogP contribution is -2.13. The fourth-order valence-corrected chi connectivity index (χ4v) is 3.96. The molecule has 0 unspecified atom stereocenters. The normalized spacial score (nSPS) is 11.4. The molecule has 0 spiro atoms. The van der Waals surface area contributed by atoms with Crippen molar-refractivity contribution in [2.45, 2.75) is 11.4 Å². The first-order valence-electron chi connectivity index (χ1n) is 6.98. The van der Waals surface area contributed by atoms with E-state index < -0.39 is 10.0 Å². The monoisotopic (exact) mass is 381 g/mol. The Morgan fingerprint density at radius 1 is 1.08 bits per heavy atom. The number of sulfonamides is 1. The first kappa shape index (κ1) is 16.8. The van der Waals surface area contributed by atoms with Crippen molar-refractivity contribution in [2.24, 2.45) is 0 Å². The fraction of sp³-hybridized carbons (Fsp3) is 0.0625. The van der Waals surface area contributed by atoms with E-state index >= 15 is 0 Å².